The van der Waals surface area contributed by atoms with Gasteiger partial charge in [-0.2, -0.15) is 0 Å². The summed E-state index contributed by atoms with van der Waals surface area (Å²) in [5.74, 6) is 0.791. The molecule has 1 atom stereocenters. The second-order valence-electron chi connectivity index (χ2n) is 3.07. The summed E-state index contributed by atoms with van der Waals surface area (Å²) in [6.07, 6.45) is -0.740. The lowest BCUT2D eigenvalue weighted by molar-refractivity contribution is 0.105. The number of aliphatic hydroxyl groups is 2. The van der Waals surface area contributed by atoms with Gasteiger partial charge >= 0.3 is 0 Å². The van der Waals surface area contributed by atoms with Crippen LogP contribution in [0.2, 0.25) is 0 Å². The maximum absolute atomic E-state index is 9.16. The number of methoxy groups -OCH3 is 1. The zero-order chi connectivity index (χ0) is 11.3. The van der Waals surface area contributed by atoms with Gasteiger partial charge in [0.2, 0.25) is 0 Å². The van der Waals surface area contributed by atoms with Crippen LogP contribution in [0.15, 0.2) is 18.2 Å². The number of nitrogens with one attached hydrogen (secondary N) is 1. The van der Waals surface area contributed by atoms with E-state index >= 15 is 0 Å². The molecule has 0 aliphatic rings. The Bertz CT molecular complexity index is 320. The first-order valence-electron chi connectivity index (χ1n) is 4.53. The lowest BCUT2D eigenvalue weighted by Gasteiger charge is -2.11. The Kier molecular flexibility index (Phi) is 5.13. The van der Waals surface area contributed by atoms with E-state index in [1.54, 1.807) is 7.11 Å². The molecule has 1 unspecified atom stereocenters. The van der Waals surface area contributed by atoms with Crippen molar-refractivity contribution in [1.82, 2.24) is 0 Å². The Balaban J connectivity index is 2.62. The Morgan fingerprint density at radius 1 is 1.53 bits per heavy atom. The van der Waals surface area contributed by atoms with Gasteiger partial charge in [0, 0.05) is 18.3 Å². The molecule has 0 heterocycles. The first-order valence-corrected chi connectivity index (χ1v) is 5.61. The minimum Gasteiger partial charge on any atom is -0.496 e. The highest BCUT2D eigenvalue weighted by atomic mass is 127. The molecule has 5 heteroatoms. The number of benzene rings is 1. The summed E-state index contributed by atoms with van der Waals surface area (Å²) < 4.78 is 6.19. The predicted octanol–water partition coefficient (Wildman–Crippen LogP) is 1.06. The van der Waals surface area contributed by atoms with E-state index in [-0.39, 0.29) is 6.61 Å². The van der Waals surface area contributed by atoms with Gasteiger partial charge in [-0.3, -0.25) is 0 Å². The molecule has 1 rings (SSSR count). The highest BCUT2D eigenvalue weighted by Gasteiger charge is 2.04. The fourth-order valence-electron chi connectivity index (χ4n) is 1.07. The fourth-order valence-corrected chi connectivity index (χ4v) is 1.63. The van der Waals surface area contributed by atoms with Crippen molar-refractivity contribution in [3.8, 4) is 5.75 Å². The van der Waals surface area contributed by atoms with Gasteiger partial charge in [-0.05, 0) is 34.7 Å². The summed E-state index contributed by atoms with van der Waals surface area (Å²) >= 11 is 2.18. The van der Waals surface area contributed by atoms with E-state index in [1.807, 2.05) is 18.2 Å². The molecule has 0 aliphatic carbocycles. The predicted molar refractivity (Wildman–Crippen MR) is 67.3 cm³/mol. The second kappa shape index (κ2) is 6.14. The van der Waals surface area contributed by atoms with E-state index in [0.29, 0.717) is 6.54 Å². The van der Waals surface area contributed by atoms with Crippen LogP contribution in [0.25, 0.3) is 0 Å². The van der Waals surface area contributed by atoms with E-state index in [2.05, 4.69) is 27.9 Å². The van der Waals surface area contributed by atoms with Crippen molar-refractivity contribution in [2.75, 3.05) is 25.6 Å². The Hall–Kier alpha value is -0.530. The molecule has 0 saturated carbocycles. The molecular formula is C10H14INO3. The van der Waals surface area contributed by atoms with Gasteiger partial charge in [0.15, 0.2) is 0 Å². The molecule has 0 aliphatic heterocycles. The molecule has 0 aromatic heterocycles. The largest absolute Gasteiger partial charge is 0.496 e. The number of rotatable bonds is 5. The molecule has 0 fully saturated rings. The highest BCUT2D eigenvalue weighted by molar-refractivity contribution is 14.1. The second-order valence-corrected chi connectivity index (χ2v) is 4.23. The zero-order valence-corrected chi connectivity index (χ0v) is 10.6. The van der Waals surface area contributed by atoms with Gasteiger partial charge in [0.05, 0.1) is 23.4 Å². The van der Waals surface area contributed by atoms with E-state index in [4.69, 9.17) is 14.9 Å². The molecule has 0 spiro atoms. The van der Waals surface area contributed by atoms with Crippen LogP contribution in [0, 0.1) is 3.57 Å². The van der Waals surface area contributed by atoms with Crippen LogP contribution in [0.1, 0.15) is 0 Å². The smallest absolute Gasteiger partial charge is 0.134 e. The van der Waals surface area contributed by atoms with Gasteiger partial charge in [-0.15, -0.1) is 0 Å². The molecule has 84 valence electrons. The summed E-state index contributed by atoms with van der Waals surface area (Å²) in [5, 5.41) is 20.8. The van der Waals surface area contributed by atoms with Crippen LogP contribution >= 0.6 is 22.6 Å². The van der Waals surface area contributed by atoms with Crippen molar-refractivity contribution in [3.05, 3.63) is 21.8 Å². The van der Waals surface area contributed by atoms with Crippen LogP contribution in [0.3, 0.4) is 0 Å². The molecule has 0 bridgehead atoms. The lowest BCUT2D eigenvalue weighted by atomic mass is 10.3. The number of ether oxygens (including phenoxy) is 1. The Morgan fingerprint density at radius 3 is 2.87 bits per heavy atom. The van der Waals surface area contributed by atoms with Crippen LogP contribution in [0.4, 0.5) is 5.69 Å². The highest BCUT2D eigenvalue weighted by Crippen LogP contribution is 2.24. The minimum absolute atomic E-state index is 0.242. The minimum atomic E-state index is -0.740. The van der Waals surface area contributed by atoms with Gasteiger partial charge < -0.3 is 20.3 Å². The quantitative estimate of drug-likeness (QED) is 0.710. The van der Waals surface area contributed by atoms with Gasteiger partial charge in [-0.1, -0.05) is 0 Å². The number of hydrogen-bond acceptors (Lipinski definition) is 4. The Labute approximate surface area is 102 Å². The van der Waals surface area contributed by atoms with Crippen LogP contribution in [0.5, 0.6) is 5.75 Å². The van der Waals surface area contributed by atoms with Gasteiger partial charge in [-0.25, -0.2) is 0 Å². The summed E-state index contributed by atoms with van der Waals surface area (Å²) in [6, 6.07) is 5.67. The van der Waals surface area contributed by atoms with Crippen LogP contribution < -0.4 is 10.1 Å². The first-order chi connectivity index (χ1) is 7.17. The molecule has 0 amide bonds. The van der Waals surface area contributed by atoms with Crippen molar-refractivity contribution in [1.29, 1.82) is 0 Å². The summed E-state index contributed by atoms with van der Waals surface area (Å²) in [4.78, 5) is 0. The van der Waals surface area contributed by atoms with Crippen molar-refractivity contribution < 1.29 is 14.9 Å². The molecule has 4 nitrogen and oxygen atoms in total. The van der Waals surface area contributed by atoms with Gasteiger partial charge in [0.25, 0.3) is 0 Å². The summed E-state index contributed by atoms with van der Waals surface area (Å²) in [7, 11) is 1.61. The van der Waals surface area contributed by atoms with Gasteiger partial charge in [0.1, 0.15) is 5.75 Å². The van der Waals surface area contributed by atoms with E-state index in [0.717, 1.165) is 15.0 Å². The third-order valence-electron chi connectivity index (χ3n) is 1.90. The number of hydrogen-bond donors (Lipinski definition) is 3. The topological polar surface area (TPSA) is 61.7 Å². The monoisotopic (exact) mass is 323 g/mol. The van der Waals surface area contributed by atoms with Crippen LogP contribution in [-0.2, 0) is 0 Å². The van der Waals surface area contributed by atoms with E-state index < -0.39 is 6.10 Å². The normalized spacial score (nSPS) is 12.3. The van der Waals surface area contributed by atoms with Crippen molar-refractivity contribution in [2.45, 2.75) is 6.10 Å². The molecule has 0 radical (unpaired) electrons. The first kappa shape index (κ1) is 12.5. The third kappa shape index (κ3) is 3.84. The van der Waals surface area contributed by atoms with Crippen molar-refractivity contribution >= 4 is 28.3 Å². The zero-order valence-electron chi connectivity index (χ0n) is 8.40. The number of halogens is 1. The maximum Gasteiger partial charge on any atom is 0.134 e. The maximum atomic E-state index is 9.16. The van der Waals surface area contributed by atoms with Crippen molar-refractivity contribution in [3.63, 3.8) is 0 Å². The average molecular weight is 323 g/mol. The number of aliphatic hydroxyl groups excluding tert-OH is 2. The van der Waals surface area contributed by atoms with E-state index in [1.165, 1.54) is 0 Å². The third-order valence-corrected chi connectivity index (χ3v) is 2.79. The molecule has 3 N–H and O–H groups in total. The fraction of sp³-hybridized carbons (Fsp3) is 0.400. The van der Waals surface area contributed by atoms with Crippen LogP contribution in [-0.4, -0.2) is 36.6 Å². The number of anilines is 1. The molecule has 1 aromatic rings. The standard InChI is InChI=1S/C10H14INO3/c1-15-10-4-7(2-3-9(10)11)12-5-8(14)6-13/h2-4,8,12-14H,5-6H2,1H3. The molecular weight excluding hydrogens is 309 g/mol. The Morgan fingerprint density at radius 2 is 2.27 bits per heavy atom. The summed E-state index contributed by atoms with van der Waals surface area (Å²) in [5.41, 5.74) is 0.861. The lowest BCUT2D eigenvalue weighted by Crippen LogP contribution is -2.22. The average Bonchev–Trinajstić information content (AvgIpc) is 2.27. The summed E-state index contributed by atoms with van der Waals surface area (Å²) in [6.45, 7) is 0.0781. The molecule has 0 saturated heterocycles. The molecule has 1 aromatic carbocycles. The van der Waals surface area contributed by atoms with Crippen molar-refractivity contribution in [2.24, 2.45) is 0 Å². The SMILES string of the molecule is COc1cc(NCC(O)CO)ccc1I. The molecule has 15 heavy (non-hydrogen) atoms. The van der Waals surface area contributed by atoms with E-state index in [9.17, 15) is 0 Å².